The highest BCUT2D eigenvalue weighted by Gasteiger charge is 2.33. The van der Waals surface area contributed by atoms with E-state index in [1.165, 1.54) is 11.1 Å². The van der Waals surface area contributed by atoms with Crippen LogP contribution in [0.4, 0.5) is 0 Å². The molecule has 108 valence electrons. The average Bonchev–Trinajstić information content (AvgIpc) is 2.72. The van der Waals surface area contributed by atoms with Crippen molar-refractivity contribution in [3.63, 3.8) is 0 Å². The van der Waals surface area contributed by atoms with Crippen molar-refractivity contribution in [3.8, 4) is 0 Å². The highest BCUT2D eigenvalue weighted by molar-refractivity contribution is 5.82. The van der Waals surface area contributed by atoms with E-state index in [4.69, 9.17) is 4.74 Å². The molecule has 0 aliphatic heterocycles. The van der Waals surface area contributed by atoms with Crippen molar-refractivity contribution in [1.29, 1.82) is 0 Å². The van der Waals surface area contributed by atoms with Gasteiger partial charge in [-0.3, -0.25) is 9.59 Å². The average molecular weight is 275 g/mol. The van der Waals surface area contributed by atoms with Gasteiger partial charge >= 0.3 is 5.97 Å². The zero-order chi connectivity index (χ0) is 14.6. The number of fused-ring (bicyclic) bond motifs is 1. The Morgan fingerprint density at radius 1 is 1.20 bits per heavy atom. The number of carbonyl (C=O) groups excluding carboxylic acids is 2. The Morgan fingerprint density at radius 2 is 1.80 bits per heavy atom. The summed E-state index contributed by atoms with van der Waals surface area (Å²) in [5, 5.41) is 3.05. The van der Waals surface area contributed by atoms with E-state index in [-0.39, 0.29) is 30.3 Å². The molecule has 4 heteroatoms. The van der Waals surface area contributed by atoms with Crippen molar-refractivity contribution in [2.24, 2.45) is 0 Å². The fraction of sp³-hybridized carbons (Fsp3) is 0.500. The SMILES string of the molecule is CCOC(=O)CCC(=O)NC1(C)Cc2ccccc2C1. The minimum Gasteiger partial charge on any atom is -0.466 e. The molecule has 4 nitrogen and oxygen atoms in total. The molecule has 0 radical (unpaired) electrons. The molecule has 1 aromatic rings. The van der Waals surface area contributed by atoms with Crippen LogP contribution in [-0.4, -0.2) is 24.0 Å². The van der Waals surface area contributed by atoms with E-state index in [0.717, 1.165) is 12.8 Å². The predicted octanol–water partition coefficient (Wildman–Crippen LogP) is 2.00. The summed E-state index contributed by atoms with van der Waals surface area (Å²) < 4.78 is 4.82. The van der Waals surface area contributed by atoms with Crippen molar-refractivity contribution >= 4 is 11.9 Å². The van der Waals surface area contributed by atoms with Gasteiger partial charge in [0, 0.05) is 12.0 Å². The fourth-order valence-electron chi connectivity index (χ4n) is 2.74. The summed E-state index contributed by atoms with van der Waals surface area (Å²) >= 11 is 0. The second-order valence-electron chi connectivity index (χ2n) is 5.54. The maximum Gasteiger partial charge on any atom is 0.306 e. The highest BCUT2D eigenvalue weighted by Crippen LogP contribution is 2.29. The van der Waals surface area contributed by atoms with Crippen LogP contribution in [0.2, 0.25) is 0 Å². The van der Waals surface area contributed by atoms with E-state index < -0.39 is 0 Å². The quantitative estimate of drug-likeness (QED) is 0.836. The van der Waals surface area contributed by atoms with Gasteiger partial charge < -0.3 is 10.1 Å². The lowest BCUT2D eigenvalue weighted by Gasteiger charge is -2.25. The maximum atomic E-state index is 11.9. The van der Waals surface area contributed by atoms with Crippen molar-refractivity contribution < 1.29 is 14.3 Å². The Bertz CT molecular complexity index is 485. The number of benzene rings is 1. The number of rotatable bonds is 5. The van der Waals surface area contributed by atoms with Gasteiger partial charge in [-0.1, -0.05) is 24.3 Å². The predicted molar refractivity (Wildman–Crippen MR) is 76.3 cm³/mol. The number of hydrogen-bond acceptors (Lipinski definition) is 3. The summed E-state index contributed by atoms with van der Waals surface area (Å²) in [4.78, 5) is 23.2. The molecule has 0 bridgehead atoms. The smallest absolute Gasteiger partial charge is 0.306 e. The molecular formula is C16H21NO3. The molecule has 1 N–H and O–H groups in total. The van der Waals surface area contributed by atoms with E-state index in [1.807, 2.05) is 12.1 Å². The summed E-state index contributed by atoms with van der Waals surface area (Å²) in [6, 6.07) is 8.25. The van der Waals surface area contributed by atoms with Gasteiger partial charge in [-0.05, 0) is 37.8 Å². The van der Waals surface area contributed by atoms with Gasteiger partial charge in [0.2, 0.25) is 5.91 Å². The first-order valence-corrected chi connectivity index (χ1v) is 7.06. The Balaban J connectivity index is 1.85. The van der Waals surface area contributed by atoms with Gasteiger partial charge in [0.05, 0.1) is 13.0 Å². The Hall–Kier alpha value is -1.84. The van der Waals surface area contributed by atoms with Gasteiger partial charge in [-0.15, -0.1) is 0 Å². The molecule has 0 aromatic heterocycles. The molecule has 2 rings (SSSR count). The third-order valence-electron chi connectivity index (χ3n) is 3.58. The first kappa shape index (κ1) is 14.6. The van der Waals surface area contributed by atoms with Crippen LogP contribution < -0.4 is 5.32 Å². The van der Waals surface area contributed by atoms with Crippen LogP contribution in [0.3, 0.4) is 0 Å². The van der Waals surface area contributed by atoms with Gasteiger partial charge in [0.15, 0.2) is 0 Å². The molecule has 0 heterocycles. The van der Waals surface area contributed by atoms with E-state index in [9.17, 15) is 9.59 Å². The fourth-order valence-corrected chi connectivity index (χ4v) is 2.74. The lowest BCUT2D eigenvalue weighted by Crippen LogP contribution is -2.46. The summed E-state index contributed by atoms with van der Waals surface area (Å²) in [6.45, 7) is 4.16. The van der Waals surface area contributed by atoms with Crippen LogP contribution in [0.15, 0.2) is 24.3 Å². The molecular weight excluding hydrogens is 254 g/mol. The molecule has 1 aliphatic carbocycles. The second-order valence-corrected chi connectivity index (χ2v) is 5.54. The summed E-state index contributed by atoms with van der Waals surface area (Å²) in [7, 11) is 0. The number of nitrogens with one attached hydrogen (secondary N) is 1. The summed E-state index contributed by atoms with van der Waals surface area (Å²) in [5.74, 6) is -0.407. The van der Waals surface area contributed by atoms with E-state index in [1.54, 1.807) is 6.92 Å². The topological polar surface area (TPSA) is 55.4 Å². The second kappa shape index (κ2) is 6.07. The molecule has 0 spiro atoms. The largest absolute Gasteiger partial charge is 0.466 e. The van der Waals surface area contributed by atoms with Crippen molar-refractivity contribution in [1.82, 2.24) is 5.32 Å². The number of esters is 1. The Labute approximate surface area is 119 Å². The van der Waals surface area contributed by atoms with Crippen molar-refractivity contribution in [3.05, 3.63) is 35.4 Å². The molecule has 1 aliphatic rings. The lowest BCUT2D eigenvalue weighted by molar-refractivity contribution is -0.144. The number of ether oxygens (including phenoxy) is 1. The molecule has 0 unspecified atom stereocenters. The molecule has 0 atom stereocenters. The zero-order valence-corrected chi connectivity index (χ0v) is 12.1. The van der Waals surface area contributed by atoms with Crippen LogP contribution in [0.25, 0.3) is 0 Å². The molecule has 0 saturated carbocycles. The highest BCUT2D eigenvalue weighted by atomic mass is 16.5. The molecule has 1 aromatic carbocycles. The third kappa shape index (κ3) is 3.59. The van der Waals surface area contributed by atoms with Crippen LogP contribution in [-0.2, 0) is 27.2 Å². The molecule has 0 saturated heterocycles. The van der Waals surface area contributed by atoms with E-state index in [2.05, 4.69) is 24.4 Å². The monoisotopic (exact) mass is 275 g/mol. The standard InChI is InChI=1S/C16H21NO3/c1-3-20-15(19)9-8-14(18)17-16(2)10-12-6-4-5-7-13(12)11-16/h4-7H,3,8-11H2,1-2H3,(H,17,18). The molecule has 1 amide bonds. The third-order valence-corrected chi connectivity index (χ3v) is 3.58. The van der Waals surface area contributed by atoms with Crippen LogP contribution in [0.5, 0.6) is 0 Å². The van der Waals surface area contributed by atoms with E-state index >= 15 is 0 Å². The first-order chi connectivity index (χ1) is 9.52. The van der Waals surface area contributed by atoms with Crippen LogP contribution in [0.1, 0.15) is 37.8 Å². The zero-order valence-electron chi connectivity index (χ0n) is 12.1. The van der Waals surface area contributed by atoms with Crippen molar-refractivity contribution in [2.45, 2.75) is 45.1 Å². The minimum atomic E-state index is -0.317. The number of carbonyl (C=O) groups is 2. The summed E-state index contributed by atoms with van der Waals surface area (Å²) in [6.07, 6.45) is 2.01. The van der Waals surface area contributed by atoms with Gasteiger partial charge in [-0.2, -0.15) is 0 Å². The molecule has 20 heavy (non-hydrogen) atoms. The van der Waals surface area contributed by atoms with E-state index in [0.29, 0.717) is 6.61 Å². The minimum absolute atomic E-state index is 0.0895. The van der Waals surface area contributed by atoms with Crippen LogP contribution >= 0.6 is 0 Å². The Kier molecular flexibility index (Phi) is 4.42. The molecule has 0 fully saturated rings. The Morgan fingerprint density at radius 3 is 2.35 bits per heavy atom. The first-order valence-electron chi connectivity index (χ1n) is 7.06. The number of amides is 1. The number of hydrogen-bond donors (Lipinski definition) is 1. The normalized spacial score (nSPS) is 15.5. The van der Waals surface area contributed by atoms with Gasteiger partial charge in [-0.25, -0.2) is 0 Å². The maximum absolute atomic E-state index is 11.9. The van der Waals surface area contributed by atoms with Crippen LogP contribution in [0, 0.1) is 0 Å². The van der Waals surface area contributed by atoms with Crippen molar-refractivity contribution in [2.75, 3.05) is 6.61 Å². The van der Waals surface area contributed by atoms with Gasteiger partial charge in [0.1, 0.15) is 0 Å². The summed E-state index contributed by atoms with van der Waals surface area (Å²) in [5.41, 5.74) is 2.34. The lowest BCUT2D eigenvalue weighted by atomic mass is 9.98. The van der Waals surface area contributed by atoms with Gasteiger partial charge in [0.25, 0.3) is 0 Å².